The summed E-state index contributed by atoms with van der Waals surface area (Å²) in [5, 5.41) is 4.95. The van der Waals surface area contributed by atoms with Gasteiger partial charge in [0.05, 0.1) is 20.9 Å². The third kappa shape index (κ3) is 3.31. The Labute approximate surface area is 137 Å². The van der Waals surface area contributed by atoms with Gasteiger partial charge in [-0.1, -0.05) is 35.3 Å². The Balaban J connectivity index is 1.79. The fourth-order valence-electron chi connectivity index (χ4n) is 2.32. The van der Waals surface area contributed by atoms with Gasteiger partial charge in [0.1, 0.15) is 5.52 Å². The molecule has 1 heterocycles. The smallest absolute Gasteiger partial charge is 0.106 e. The monoisotopic (exact) mass is 336 g/mol. The highest BCUT2D eigenvalue weighted by Gasteiger charge is 2.12. The fourth-order valence-corrected chi connectivity index (χ4v) is 3.33. The number of anilines is 1. The number of hydrogen-bond donors (Lipinski definition) is 1. The van der Waals surface area contributed by atoms with Gasteiger partial charge in [0.15, 0.2) is 0 Å². The molecule has 21 heavy (non-hydrogen) atoms. The van der Waals surface area contributed by atoms with Crippen LogP contribution in [0.25, 0.3) is 10.2 Å². The van der Waals surface area contributed by atoms with Gasteiger partial charge in [-0.3, -0.25) is 0 Å². The van der Waals surface area contributed by atoms with E-state index in [0.717, 1.165) is 27.3 Å². The minimum atomic E-state index is 0.246. The molecule has 0 fully saturated rings. The number of aromatic nitrogens is 1. The normalized spacial score (nSPS) is 12.5. The van der Waals surface area contributed by atoms with Crippen LogP contribution in [0.4, 0.5) is 5.69 Å². The second-order valence-corrected chi connectivity index (χ2v) is 6.73. The molecule has 0 aliphatic rings. The lowest BCUT2D eigenvalue weighted by atomic mass is 10.1. The molecule has 0 amide bonds. The zero-order valence-corrected chi connectivity index (χ0v) is 13.8. The number of hydrogen-bond acceptors (Lipinski definition) is 3. The first-order chi connectivity index (χ1) is 10.1. The van der Waals surface area contributed by atoms with Crippen molar-refractivity contribution in [3.05, 3.63) is 57.5 Å². The molecule has 3 aromatic rings. The maximum atomic E-state index is 6.31. The van der Waals surface area contributed by atoms with Gasteiger partial charge in [0, 0.05) is 11.1 Å². The van der Waals surface area contributed by atoms with E-state index in [1.165, 1.54) is 5.56 Å². The molecule has 0 spiro atoms. The molecule has 0 saturated carbocycles. The van der Waals surface area contributed by atoms with Gasteiger partial charge in [-0.05, 0) is 43.2 Å². The van der Waals surface area contributed by atoms with Crippen molar-refractivity contribution in [1.29, 1.82) is 0 Å². The second-order valence-electron chi connectivity index (χ2n) is 5.00. The molecule has 1 aromatic heterocycles. The highest BCUT2D eigenvalue weighted by atomic mass is 35.5. The average molecular weight is 337 g/mol. The van der Waals surface area contributed by atoms with Crippen LogP contribution in [0.5, 0.6) is 0 Å². The number of benzene rings is 2. The van der Waals surface area contributed by atoms with Crippen molar-refractivity contribution < 1.29 is 0 Å². The van der Waals surface area contributed by atoms with Gasteiger partial charge < -0.3 is 5.32 Å². The minimum absolute atomic E-state index is 0.246. The van der Waals surface area contributed by atoms with E-state index in [1.54, 1.807) is 11.3 Å². The summed E-state index contributed by atoms with van der Waals surface area (Å²) in [6, 6.07) is 12.1. The Bertz CT molecular complexity index is 753. The number of halogens is 2. The SMILES string of the molecule is CC(Cc1ccc(Cl)cc1)Nc1c(Cl)ccc2scnc12. The van der Waals surface area contributed by atoms with Crippen LogP contribution >= 0.6 is 34.5 Å². The fraction of sp³-hybridized carbons (Fsp3) is 0.188. The van der Waals surface area contributed by atoms with E-state index in [9.17, 15) is 0 Å². The van der Waals surface area contributed by atoms with Gasteiger partial charge in [-0.2, -0.15) is 0 Å². The Morgan fingerprint density at radius 3 is 2.67 bits per heavy atom. The van der Waals surface area contributed by atoms with E-state index in [0.29, 0.717) is 5.02 Å². The van der Waals surface area contributed by atoms with Crippen LogP contribution in [0.3, 0.4) is 0 Å². The highest BCUT2D eigenvalue weighted by Crippen LogP contribution is 2.32. The topological polar surface area (TPSA) is 24.9 Å². The molecule has 1 unspecified atom stereocenters. The van der Waals surface area contributed by atoms with Crippen molar-refractivity contribution in [2.75, 3.05) is 5.32 Å². The summed E-state index contributed by atoms with van der Waals surface area (Å²) in [6.07, 6.45) is 0.897. The number of fused-ring (bicyclic) bond motifs is 1. The van der Waals surface area contributed by atoms with Crippen LogP contribution in [-0.4, -0.2) is 11.0 Å². The Hall–Kier alpha value is -1.29. The van der Waals surface area contributed by atoms with Crippen molar-refractivity contribution in [3.63, 3.8) is 0 Å². The van der Waals surface area contributed by atoms with Crippen molar-refractivity contribution in [2.24, 2.45) is 0 Å². The van der Waals surface area contributed by atoms with Gasteiger partial charge in [0.25, 0.3) is 0 Å². The van der Waals surface area contributed by atoms with Crippen LogP contribution in [-0.2, 0) is 6.42 Å². The lowest BCUT2D eigenvalue weighted by Crippen LogP contribution is -2.18. The van der Waals surface area contributed by atoms with Crippen molar-refractivity contribution in [2.45, 2.75) is 19.4 Å². The maximum Gasteiger partial charge on any atom is 0.106 e. The molecule has 1 N–H and O–H groups in total. The average Bonchev–Trinajstić information content (AvgIpc) is 2.93. The predicted molar refractivity (Wildman–Crippen MR) is 92.9 cm³/mol. The molecular formula is C16H14Cl2N2S. The molecule has 0 saturated heterocycles. The van der Waals surface area contributed by atoms with Crippen molar-refractivity contribution in [3.8, 4) is 0 Å². The molecule has 2 nitrogen and oxygen atoms in total. The van der Waals surface area contributed by atoms with E-state index >= 15 is 0 Å². The van der Waals surface area contributed by atoms with E-state index in [-0.39, 0.29) is 6.04 Å². The third-order valence-electron chi connectivity index (χ3n) is 3.30. The molecule has 0 aliphatic heterocycles. The molecular weight excluding hydrogens is 323 g/mol. The summed E-state index contributed by atoms with van der Waals surface area (Å²) in [5.41, 5.74) is 4.93. The molecule has 0 aliphatic carbocycles. The molecule has 2 aromatic carbocycles. The first-order valence-corrected chi connectivity index (χ1v) is 8.30. The summed E-state index contributed by atoms with van der Waals surface area (Å²) < 4.78 is 1.14. The van der Waals surface area contributed by atoms with Crippen molar-refractivity contribution in [1.82, 2.24) is 4.98 Å². The number of nitrogens with one attached hydrogen (secondary N) is 1. The Morgan fingerprint density at radius 2 is 1.90 bits per heavy atom. The molecule has 0 radical (unpaired) electrons. The van der Waals surface area contributed by atoms with Crippen LogP contribution in [0.15, 0.2) is 41.9 Å². The molecule has 5 heteroatoms. The lowest BCUT2D eigenvalue weighted by Gasteiger charge is -2.17. The zero-order chi connectivity index (χ0) is 14.8. The summed E-state index contributed by atoms with van der Waals surface area (Å²) in [4.78, 5) is 4.41. The molecule has 1 atom stereocenters. The van der Waals surface area contributed by atoms with Crippen molar-refractivity contribution >= 4 is 50.4 Å². The molecule has 0 bridgehead atoms. The van der Waals surface area contributed by atoms with Crippen LogP contribution in [0, 0.1) is 0 Å². The first-order valence-electron chi connectivity index (χ1n) is 6.66. The quantitative estimate of drug-likeness (QED) is 0.666. The first kappa shape index (κ1) is 14.6. The van der Waals surface area contributed by atoms with Gasteiger partial charge >= 0.3 is 0 Å². The number of nitrogens with zero attached hydrogens (tertiary/aromatic N) is 1. The van der Waals surface area contributed by atoms with E-state index in [4.69, 9.17) is 23.2 Å². The van der Waals surface area contributed by atoms with Gasteiger partial charge in [0.2, 0.25) is 0 Å². The number of rotatable bonds is 4. The summed E-state index contributed by atoms with van der Waals surface area (Å²) >= 11 is 13.8. The Kier molecular flexibility index (Phi) is 4.34. The van der Waals surface area contributed by atoms with Gasteiger partial charge in [-0.15, -0.1) is 11.3 Å². The second kappa shape index (κ2) is 6.22. The third-order valence-corrected chi connectivity index (χ3v) is 4.66. The molecule has 3 rings (SSSR count). The maximum absolute atomic E-state index is 6.31. The lowest BCUT2D eigenvalue weighted by molar-refractivity contribution is 0.791. The van der Waals surface area contributed by atoms with E-state index in [2.05, 4.69) is 17.2 Å². The Morgan fingerprint density at radius 1 is 1.14 bits per heavy atom. The minimum Gasteiger partial charge on any atom is -0.379 e. The zero-order valence-electron chi connectivity index (χ0n) is 11.4. The molecule has 108 valence electrons. The van der Waals surface area contributed by atoms with Crippen LogP contribution < -0.4 is 5.32 Å². The largest absolute Gasteiger partial charge is 0.379 e. The highest BCUT2D eigenvalue weighted by molar-refractivity contribution is 7.16. The van der Waals surface area contributed by atoms with E-state index in [1.807, 2.05) is 41.9 Å². The summed E-state index contributed by atoms with van der Waals surface area (Å²) in [5.74, 6) is 0. The predicted octanol–water partition coefficient (Wildman–Crippen LogP) is 5.65. The summed E-state index contributed by atoms with van der Waals surface area (Å²) in [6.45, 7) is 2.14. The summed E-state index contributed by atoms with van der Waals surface area (Å²) in [7, 11) is 0. The van der Waals surface area contributed by atoms with E-state index < -0.39 is 0 Å². The van der Waals surface area contributed by atoms with Crippen LogP contribution in [0.2, 0.25) is 10.0 Å². The standard InChI is InChI=1S/C16H14Cl2N2S/c1-10(8-11-2-4-12(17)5-3-11)20-15-13(18)6-7-14-16(15)19-9-21-14/h2-7,9-10,20H,8H2,1H3. The number of thiazole rings is 1. The van der Waals surface area contributed by atoms with Crippen LogP contribution in [0.1, 0.15) is 12.5 Å². The van der Waals surface area contributed by atoms with Gasteiger partial charge in [-0.25, -0.2) is 4.98 Å².